The predicted molar refractivity (Wildman–Crippen MR) is 75.3 cm³/mol. The van der Waals surface area contributed by atoms with Crippen LogP contribution in [0.1, 0.15) is 34.8 Å². The van der Waals surface area contributed by atoms with Crippen molar-refractivity contribution < 1.29 is 4.74 Å². The molecule has 1 aliphatic rings. The van der Waals surface area contributed by atoms with Gasteiger partial charge in [-0.1, -0.05) is 24.3 Å². The van der Waals surface area contributed by atoms with Gasteiger partial charge in [-0.2, -0.15) is 0 Å². The fourth-order valence-electron chi connectivity index (χ4n) is 2.50. The molecule has 3 heteroatoms. The Hall–Kier alpha value is -1.87. The minimum absolute atomic E-state index is 0.179. The molecule has 1 aromatic heterocycles. The molecule has 0 aliphatic carbocycles. The zero-order chi connectivity index (χ0) is 13.2. The second-order valence-corrected chi connectivity index (χ2v) is 5.00. The summed E-state index contributed by atoms with van der Waals surface area (Å²) >= 11 is 0. The number of benzene rings is 1. The van der Waals surface area contributed by atoms with Crippen molar-refractivity contribution in [3.8, 4) is 5.75 Å². The summed E-state index contributed by atoms with van der Waals surface area (Å²) in [4.78, 5) is 4.32. The molecule has 1 aromatic carbocycles. The van der Waals surface area contributed by atoms with Crippen molar-refractivity contribution in [1.29, 1.82) is 0 Å². The van der Waals surface area contributed by atoms with Crippen LogP contribution in [0.2, 0.25) is 0 Å². The van der Waals surface area contributed by atoms with Gasteiger partial charge < -0.3 is 10.5 Å². The summed E-state index contributed by atoms with van der Waals surface area (Å²) in [5.41, 5.74) is 10.7. The normalized spacial score (nSPS) is 15.5. The average molecular weight is 254 g/mol. The summed E-state index contributed by atoms with van der Waals surface area (Å²) in [7, 11) is 0. The van der Waals surface area contributed by atoms with Gasteiger partial charge in [0.05, 0.1) is 12.6 Å². The lowest BCUT2D eigenvalue weighted by Gasteiger charge is -2.23. The van der Waals surface area contributed by atoms with Crippen molar-refractivity contribution in [3.05, 3.63) is 58.9 Å². The lowest BCUT2D eigenvalue weighted by molar-refractivity contribution is 0.284. The standard InChI is InChI=1S/C16H18N2O/c1-11-7-8-13(10-18-11)15(17)14-6-2-4-12-5-3-9-19-16(12)14/h2,4,6-8,10,15H,3,5,9,17H2,1H3. The largest absolute Gasteiger partial charge is 0.493 e. The van der Waals surface area contributed by atoms with Crippen LogP contribution in [0.3, 0.4) is 0 Å². The van der Waals surface area contributed by atoms with E-state index in [1.54, 1.807) is 0 Å². The molecule has 0 bridgehead atoms. The molecule has 3 nitrogen and oxygen atoms in total. The van der Waals surface area contributed by atoms with Gasteiger partial charge in [0.1, 0.15) is 5.75 Å². The highest BCUT2D eigenvalue weighted by molar-refractivity contribution is 5.47. The van der Waals surface area contributed by atoms with Crippen LogP contribution in [0.4, 0.5) is 0 Å². The number of aromatic nitrogens is 1. The smallest absolute Gasteiger partial charge is 0.127 e. The number of hydrogen-bond acceptors (Lipinski definition) is 3. The van der Waals surface area contributed by atoms with E-state index in [2.05, 4.69) is 23.2 Å². The first-order chi connectivity index (χ1) is 9.25. The predicted octanol–water partition coefficient (Wildman–Crippen LogP) is 2.76. The maximum atomic E-state index is 6.37. The number of nitrogens with two attached hydrogens (primary N) is 1. The fraction of sp³-hybridized carbons (Fsp3) is 0.312. The summed E-state index contributed by atoms with van der Waals surface area (Å²) in [6.07, 6.45) is 4.00. The summed E-state index contributed by atoms with van der Waals surface area (Å²) in [6.45, 7) is 2.76. The zero-order valence-electron chi connectivity index (χ0n) is 11.1. The van der Waals surface area contributed by atoms with Crippen molar-refractivity contribution in [2.45, 2.75) is 25.8 Å². The molecule has 0 amide bonds. The summed E-state index contributed by atoms with van der Waals surface area (Å²) in [6, 6.07) is 10.1. The third-order valence-electron chi connectivity index (χ3n) is 3.59. The molecule has 1 atom stereocenters. The fourth-order valence-corrected chi connectivity index (χ4v) is 2.50. The first kappa shape index (κ1) is 12.2. The quantitative estimate of drug-likeness (QED) is 0.896. The number of hydrogen-bond donors (Lipinski definition) is 1. The van der Waals surface area contributed by atoms with Gasteiger partial charge in [-0.15, -0.1) is 0 Å². The molecule has 2 aromatic rings. The Kier molecular flexibility index (Phi) is 3.22. The first-order valence-electron chi connectivity index (χ1n) is 6.68. The number of aryl methyl sites for hydroxylation is 2. The van der Waals surface area contributed by atoms with Gasteiger partial charge in [-0.05, 0) is 37.0 Å². The number of ether oxygens (including phenoxy) is 1. The van der Waals surface area contributed by atoms with E-state index in [1.165, 1.54) is 5.56 Å². The Bertz CT molecular complexity index is 578. The van der Waals surface area contributed by atoms with Gasteiger partial charge in [0.15, 0.2) is 0 Å². The summed E-state index contributed by atoms with van der Waals surface area (Å²) in [5.74, 6) is 0.974. The number of nitrogens with zero attached hydrogens (tertiary/aromatic N) is 1. The molecule has 1 aliphatic heterocycles. The minimum atomic E-state index is -0.179. The van der Waals surface area contributed by atoms with E-state index in [9.17, 15) is 0 Å². The van der Waals surface area contributed by atoms with Gasteiger partial charge in [-0.3, -0.25) is 4.98 Å². The van der Waals surface area contributed by atoms with Gasteiger partial charge in [-0.25, -0.2) is 0 Å². The van der Waals surface area contributed by atoms with E-state index in [0.29, 0.717) is 0 Å². The van der Waals surface area contributed by atoms with Crippen molar-refractivity contribution >= 4 is 0 Å². The second-order valence-electron chi connectivity index (χ2n) is 5.00. The van der Waals surface area contributed by atoms with E-state index in [1.807, 2.05) is 25.3 Å². The number of pyridine rings is 1. The van der Waals surface area contributed by atoms with Crippen molar-refractivity contribution in [3.63, 3.8) is 0 Å². The van der Waals surface area contributed by atoms with Gasteiger partial charge in [0.25, 0.3) is 0 Å². The van der Waals surface area contributed by atoms with Gasteiger partial charge in [0, 0.05) is 17.5 Å². The Morgan fingerprint density at radius 1 is 1.26 bits per heavy atom. The average Bonchev–Trinajstić information content (AvgIpc) is 2.47. The highest BCUT2D eigenvalue weighted by atomic mass is 16.5. The maximum Gasteiger partial charge on any atom is 0.127 e. The molecule has 1 unspecified atom stereocenters. The number of fused-ring (bicyclic) bond motifs is 1. The molecule has 98 valence electrons. The van der Waals surface area contributed by atoms with Crippen LogP contribution in [-0.2, 0) is 6.42 Å². The lowest BCUT2D eigenvalue weighted by Crippen LogP contribution is -2.17. The molecule has 0 saturated carbocycles. The van der Waals surface area contributed by atoms with Crippen LogP contribution in [0, 0.1) is 6.92 Å². The Labute approximate surface area is 113 Å². The van der Waals surface area contributed by atoms with Crippen LogP contribution >= 0.6 is 0 Å². The van der Waals surface area contributed by atoms with E-state index < -0.39 is 0 Å². The second kappa shape index (κ2) is 5.02. The SMILES string of the molecule is Cc1ccc(C(N)c2cccc3c2OCCC3)cn1. The molecule has 0 spiro atoms. The van der Waals surface area contributed by atoms with Crippen molar-refractivity contribution in [2.75, 3.05) is 6.61 Å². The third kappa shape index (κ3) is 2.34. The molecule has 19 heavy (non-hydrogen) atoms. The topological polar surface area (TPSA) is 48.1 Å². The molecular weight excluding hydrogens is 236 g/mol. The van der Waals surface area contributed by atoms with E-state index in [0.717, 1.165) is 42.0 Å². The molecule has 0 fully saturated rings. The van der Waals surface area contributed by atoms with Crippen LogP contribution < -0.4 is 10.5 Å². The highest BCUT2D eigenvalue weighted by Crippen LogP contribution is 2.34. The Morgan fingerprint density at radius 2 is 2.16 bits per heavy atom. The van der Waals surface area contributed by atoms with Crippen LogP contribution in [-0.4, -0.2) is 11.6 Å². The molecule has 0 saturated heterocycles. The first-order valence-corrected chi connectivity index (χ1v) is 6.68. The molecule has 0 radical (unpaired) electrons. The summed E-state index contributed by atoms with van der Waals surface area (Å²) < 4.78 is 5.82. The maximum absolute atomic E-state index is 6.37. The monoisotopic (exact) mass is 254 g/mol. The molecular formula is C16H18N2O. The highest BCUT2D eigenvalue weighted by Gasteiger charge is 2.19. The third-order valence-corrected chi connectivity index (χ3v) is 3.59. The Morgan fingerprint density at radius 3 is 2.95 bits per heavy atom. The van der Waals surface area contributed by atoms with Crippen LogP contribution in [0.25, 0.3) is 0 Å². The molecule has 2 heterocycles. The van der Waals surface area contributed by atoms with Crippen LogP contribution in [0.5, 0.6) is 5.75 Å². The molecule has 3 rings (SSSR count). The van der Waals surface area contributed by atoms with Gasteiger partial charge in [0.2, 0.25) is 0 Å². The number of para-hydroxylation sites is 1. The zero-order valence-corrected chi connectivity index (χ0v) is 11.1. The number of rotatable bonds is 2. The van der Waals surface area contributed by atoms with Gasteiger partial charge >= 0.3 is 0 Å². The van der Waals surface area contributed by atoms with E-state index in [4.69, 9.17) is 10.5 Å². The Balaban J connectivity index is 1.99. The van der Waals surface area contributed by atoms with E-state index >= 15 is 0 Å². The van der Waals surface area contributed by atoms with E-state index in [-0.39, 0.29) is 6.04 Å². The van der Waals surface area contributed by atoms with Crippen molar-refractivity contribution in [1.82, 2.24) is 4.98 Å². The molecule has 2 N–H and O–H groups in total. The van der Waals surface area contributed by atoms with Crippen LogP contribution in [0.15, 0.2) is 36.5 Å². The lowest BCUT2D eigenvalue weighted by atomic mass is 9.95. The minimum Gasteiger partial charge on any atom is -0.493 e. The summed E-state index contributed by atoms with van der Waals surface area (Å²) in [5, 5.41) is 0. The van der Waals surface area contributed by atoms with Crippen molar-refractivity contribution in [2.24, 2.45) is 5.73 Å².